The zero-order valence-electron chi connectivity index (χ0n) is 24.8. The van der Waals surface area contributed by atoms with E-state index in [0.717, 1.165) is 44.4 Å². The van der Waals surface area contributed by atoms with Gasteiger partial charge in [-0.3, -0.25) is 9.59 Å². The lowest BCUT2D eigenvalue weighted by Gasteiger charge is -2.12. The molecule has 0 aliphatic heterocycles. The second kappa shape index (κ2) is 27.0. The lowest BCUT2D eigenvalue weighted by atomic mass is 9.98. The lowest BCUT2D eigenvalue weighted by molar-refractivity contribution is -0.144. The van der Waals surface area contributed by atoms with Gasteiger partial charge in [0.05, 0.1) is 13.2 Å². The van der Waals surface area contributed by atoms with E-state index in [1.165, 1.54) is 89.9 Å². The van der Waals surface area contributed by atoms with E-state index >= 15 is 0 Å². The van der Waals surface area contributed by atoms with E-state index in [1.807, 2.05) is 0 Å². The number of hydrogen-bond acceptors (Lipinski definition) is 4. The molecule has 0 aromatic heterocycles. The van der Waals surface area contributed by atoms with E-state index < -0.39 is 0 Å². The SMILES string of the molecule is CCCCCCCCCCCCCCCOC(=O)CCCCCC(=O)OCCC(C)CCCC(C)C. The van der Waals surface area contributed by atoms with E-state index in [4.69, 9.17) is 9.47 Å². The smallest absolute Gasteiger partial charge is 0.305 e. The van der Waals surface area contributed by atoms with E-state index in [2.05, 4.69) is 27.7 Å². The Morgan fingerprint density at radius 3 is 1.44 bits per heavy atom. The van der Waals surface area contributed by atoms with Crippen molar-refractivity contribution in [2.75, 3.05) is 13.2 Å². The highest BCUT2D eigenvalue weighted by molar-refractivity contribution is 5.69. The molecule has 4 nitrogen and oxygen atoms in total. The molecule has 0 N–H and O–H groups in total. The molecule has 0 fully saturated rings. The van der Waals surface area contributed by atoms with E-state index in [0.29, 0.717) is 32.0 Å². The molecule has 0 heterocycles. The molecule has 0 bridgehead atoms. The first kappa shape index (κ1) is 34.9. The molecule has 0 saturated heterocycles. The lowest BCUT2D eigenvalue weighted by Crippen LogP contribution is -2.09. The molecule has 0 rings (SSSR count). The van der Waals surface area contributed by atoms with Gasteiger partial charge in [-0.15, -0.1) is 0 Å². The molecule has 0 aliphatic rings. The topological polar surface area (TPSA) is 52.6 Å². The van der Waals surface area contributed by atoms with Gasteiger partial charge in [0.25, 0.3) is 0 Å². The highest BCUT2D eigenvalue weighted by Crippen LogP contribution is 2.16. The molecular weight excluding hydrogens is 448 g/mol. The molecule has 214 valence electrons. The Morgan fingerprint density at radius 1 is 0.500 bits per heavy atom. The number of unbranched alkanes of at least 4 members (excludes halogenated alkanes) is 14. The third-order valence-electron chi connectivity index (χ3n) is 7.12. The van der Waals surface area contributed by atoms with Crippen LogP contribution in [0.25, 0.3) is 0 Å². The van der Waals surface area contributed by atoms with Crippen LogP contribution < -0.4 is 0 Å². The maximum atomic E-state index is 11.9. The molecule has 0 aliphatic carbocycles. The van der Waals surface area contributed by atoms with E-state index in [-0.39, 0.29) is 11.9 Å². The molecule has 0 aromatic carbocycles. The van der Waals surface area contributed by atoms with Gasteiger partial charge >= 0.3 is 11.9 Å². The minimum Gasteiger partial charge on any atom is -0.466 e. The second-order valence-corrected chi connectivity index (χ2v) is 11.5. The summed E-state index contributed by atoms with van der Waals surface area (Å²) in [6.45, 7) is 10.1. The molecular formula is C32H62O4. The van der Waals surface area contributed by atoms with Gasteiger partial charge in [-0.2, -0.15) is 0 Å². The van der Waals surface area contributed by atoms with Gasteiger partial charge in [0.2, 0.25) is 0 Å². The summed E-state index contributed by atoms with van der Waals surface area (Å²) in [4.78, 5) is 23.7. The molecule has 1 atom stereocenters. The molecule has 0 amide bonds. The average Bonchev–Trinajstić information content (AvgIpc) is 2.83. The van der Waals surface area contributed by atoms with Crippen molar-refractivity contribution in [2.45, 2.75) is 169 Å². The van der Waals surface area contributed by atoms with Crippen molar-refractivity contribution in [3.63, 3.8) is 0 Å². The highest BCUT2D eigenvalue weighted by atomic mass is 16.5. The standard InChI is InChI=1S/C32H62O4/c1-5-6-7-8-9-10-11-12-13-14-15-16-20-27-35-31(33)24-18-17-19-25-32(34)36-28-26-30(4)23-21-22-29(2)3/h29-30H,5-28H2,1-4H3. The van der Waals surface area contributed by atoms with Gasteiger partial charge < -0.3 is 9.47 Å². The van der Waals surface area contributed by atoms with Crippen molar-refractivity contribution in [3.8, 4) is 0 Å². The Balaban J connectivity index is 3.35. The number of ether oxygens (including phenoxy) is 2. The second-order valence-electron chi connectivity index (χ2n) is 11.5. The fourth-order valence-corrected chi connectivity index (χ4v) is 4.56. The van der Waals surface area contributed by atoms with Crippen molar-refractivity contribution in [1.29, 1.82) is 0 Å². The van der Waals surface area contributed by atoms with Crippen molar-refractivity contribution in [2.24, 2.45) is 11.8 Å². The molecule has 0 radical (unpaired) electrons. The summed E-state index contributed by atoms with van der Waals surface area (Å²) in [5.74, 6) is 1.18. The van der Waals surface area contributed by atoms with Gasteiger partial charge in [-0.05, 0) is 37.5 Å². The fourth-order valence-electron chi connectivity index (χ4n) is 4.56. The summed E-state index contributed by atoms with van der Waals surface area (Å²) in [5.41, 5.74) is 0. The normalized spacial score (nSPS) is 12.1. The van der Waals surface area contributed by atoms with E-state index in [1.54, 1.807) is 0 Å². The number of esters is 2. The van der Waals surface area contributed by atoms with Crippen molar-refractivity contribution >= 4 is 11.9 Å². The van der Waals surface area contributed by atoms with Crippen LogP contribution in [0.4, 0.5) is 0 Å². The largest absolute Gasteiger partial charge is 0.466 e. The van der Waals surface area contributed by atoms with Crippen LogP contribution in [0.2, 0.25) is 0 Å². The summed E-state index contributed by atoms with van der Waals surface area (Å²) in [6.07, 6.45) is 25.2. The quantitative estimate of drug-likeness (QED) is 0.0814. The number of rotatable bonds is 27. The number of hydrogen-bond donors (Lipinski definition) is 0. The summed E-state index contributed by atoms with van der Waals surface area (Å²) in [5, 5.41) is 0. The summed E-state index contributed by atoms with van der Waals surface area (Å²) < 4.78 is 10.7. The third-order valence-corrected chi connectivity index (χ3v) is 7.12. The average molecular weight is 511 g/mol. The Morgan fingerprint density at radius 2 is 0.944 bits per heavy atom. The van der Waals surface area contributed by atoms with Gasteiger partial charge in [0, 0.05) is 12.8 Å². The summed E-state index contributed by atoms with van der Waals surface area (Å²) in [7, 11) is 0. The minimum absolute atomic E-state index is 0.0945. The van der Waals surface area contributed by atoms with Crippen LogP contribution in [-0.2, 0) is 19.1 Å². The fraction of sp³-hybridized carbons (Fsp3) is 0.938. The maximum Gasteiger partial charge on any atom is 0.305 e. The van der Waals surface area contributed by atoms with Gasteiger partial charge in [0.1, 0.15) is 0 Å². The van der Waals surface area contributed by atoms with Crippen molar-refractivity contribution in [1.82, 2.24) is 0 Å². The van der Waals surface area contributed by atoms with Gasteiger partial charge in [-0.1, -0.05) is 130 Å². The Hall–Kier alpha value is -1.06. The first-order chi connectivity index (χ1) is 17.5. The third kappa shape index (κ3) is 27.5. The maximum absolute atomic E-state index is 11.9. The monoisotopic (exact) mass is 510 g/mol. The first-order valence-electron chi connectivity index (χ1n) is 15.8. The summed E-state index contributed by atoms with van der Waals surface area (Å²) in [6, 6.07) is 0. The molecule has 1 unspecified atom stereocenters. The van der Waals surface area contributed by atoms with Gasteiger partial charge in [0.15, 0.2) is 0 Å². The zero-order valence-corrected chi connectivity index (χ0v) is 24.8. The zero-order chi connectivity index (χ0) is 26.7. The molecule has 0 spiro atoms. The predicted octanol–water partition coefficient (Wildman–Crippen LogP) is 9.97. The van der Waals surface area contributed by atoms with Crippen molar-refractivity contribution < 1.29 is 19.1 Å². The Bertz CT molecular complexity index is 489. The van der Waals surface area contributed by atoms with Crippen LogP contribution in [0.3, 0.4) is 0 Å². The molecule has 0 aromatic rings. The van der Waals surface area contributed by atoms with E-state index in [9.17, 15) is 9.59 Å². The van der Waals surface area contributed by atoms with Crippen LogP contribution in [0, 0.1) is 11.8 Å². The predicted molar refractivity (Wildman–Crippen MR) is 153 cm³/mol. The van der Waals surface area contributed by atoms with Crippen LogP contribution in [0.15, 0.2) is 0 Å². The Labute approximate surface area is 225 Å². The van der Waals surface area contributed by atoms with Crippen LogP contribution in [-0.4, -0.2) is 25.2 Å². The van der Waals surface area contributed by atoms with Crippen LogP contribution in [0.1, 0.15) is 169 Å². The van der Waals surface area contributed by atoms with Crippen LogP contribution >= 0.6 is 0 Å². The number of carbonyl (C=O) groups is 2. The van der Waals surface area contributed by atoms with Crippen LogP contribution in [0.5, 0.6) is 0 Å². The minimum atomic E-state index is -0.102. The molecule has 0 saturated carbocycles. The summed E-state index contributed by atoms with van der Waals surface area (Å²) >= 11 is 0. The first-order valence-corrected chi connectivity index (χ1v) is 15.8. The van der Waals surface area contributed by atoms with Crippen molar-refractivity contribution in [3.05, 3.63) is 0 Å². The number of carbonyl (C=O) groups excluding carboxylic acids is 2. The molecule has 4 heteroatoms. The van der Waals surface area contributed by atoms with Gasteiger partial charge in [-0.25, -0.2) is 0 Å². The Kier molecular flexibility index (Phi) is 26.2. The highest BCUT2D eigenvalue weighted by Gasteiger charge is 2.08. The molecule has 36 heavy (non-hydrogen) atoms.